The van der Waals surface area contributed by atoms with Gasteiger partial charge in [-0.15, -0.1) is 0 Å². The minimum Gasteiger partial charge on any atom is -0.320 e. The summed E-state index contributed by atoms with van der Waals surface area (Å²) in [5.41, 5.74) is 3.79. The standard InChI is InChI=1S/C19H17N3O/c20-14-15-6-8-18(9-7-15)21-19(23)22-12-10-17(11-13-22)16-4-2-1-3-5-16/h1-10H,11-13H2,(H,21,23). The summed E-state index contributed by atoms with van der Waals surface area (Å²) in [5.74, 6) is 0. The molecule has 0 radical (unpaired) electrons. The molecule has 23 heavy (non-hydrogen) atoms. The van der Waals surface area contributed by atoms with E-state index in [0.29, 0.717) is 24.3 Å². The van der Waals surface area contributed by atoms with Crippen LogP contribution in [0.3, 0.4) is 0 Å². The van der Waals surface area contributed by atoms with Gasteiger partial charge in [-0.1, -0.05) is 36.4 Å². The topological polar surface area (TPSA) is 56.1 Å². The van der Waals surface area contributed by atoms with Gasteiger partial charge in [-0.2, -0.15) is 5.26 Å². The van der Waals surface area contributed by atoms with Crippen LogP contribution in [0.15, 0.2) is 60.7 Å². The highest BCUT2D eigenvalue weighted by Gasteiger charge is 2.17. The highest BCUT2D eigenvalue weighted by Crippen LogP contribution is 2.22. The normalized spacial score (nSPS) is 13.9. The van der Waals surface area contributed by atoms with E-state index in [2.05, 4.69) is 29.6 Å². The molecule has 4 nitrogen and oxygen atoms in total. The van der Waals surface area contributed by atoms with Gasteiger partial charge in [-0.25, -0.2) is 4.79 Å². The molecule has 1 heterocycles. The van der Waals surface area contributed by atoms with Gasteiger partial charge in [0.1, 0.15) is 0 Å². The Hall–Kier alpha value is -3.06. The predicted octanol–water partition coefficient (Wildman–Crippen LogP) is 3.88. The highest BCUT2D eigenvalue weighted by molar-refractivity contribution is 5.90. The number of nitrogens with one attached hydrogen (secondary N) is 1. The molecule has 0 spiro atoms. The van der Waals surface area contributed by atoms with Crippen LogP contribution >= 0.6 is 0 Å². The third-order valence-electron chi connectivity index (χ3n) is 3.91. The minimum absolute atomic E-state index is 0.113. The number of nitrogens with zero attached hydrogens (tertiary/aromatic N) is 2. The van der Waals surface area contributed by atoms with Gasteiger partial charge in [0, 0.05) is 18.8 Å². The van der Waals surface area contributed by atoms with E-state index in [1.54, 1.807) is 29.2 Å². The van der Waals surface area contributed by atoms with Gasteiger partial charge in [-0.05, 0) is 41.8 Å². The summed E-state index contributed by atoms with van der Waals surface area (Å²) >= 11 is 0. The second-order valence-corrected chi connectivity index (χ2v) is 5.41. The lowest BCUT2D eigenvalue weighted by molar-refractivity contribution is 0.217. The summed E-state index contributed by atoms with van der Waals surface area (Å²) in [5, 5.41) is 11.6. The summed E-state index contributed by atoms with van der Waals surface area (Å²) in [6.45, 7) is 1.30. The van der Waals surface area contributed by atoms with Crippen LogP contribution in [0.25, 0.3) is 5.57 Å². The van der Waals surface area contributed by atoms with Gasteiger partial charge in [-0.3, -0.25) is 0 Å². The SMILES string of the molecule is N#Cc1ccc(NC(=O)N2CC=C(c3ccccc3)CC2)cc1. The van der Waals surface area contributed by atoms with Crippen molar-refractivity contribution in [3.05, 3.63) is 71.8 Å². The number of carbonyl (C=O) groups is 1. The van der Waals surface area contributed by atoms with Crippen molar-refractivity contribution in [3.63, 3.8) is 0 Å². The van der Waals surface area contributed by atoms with Crippen LogP contribution in [-0.4, -0.2) is 24.0 Å². The molecule has 0 aromatic heterocycles. The van der Waals surface area contributed by atoms with Gasteiger partial charge in [0.05, 0.1) is 11.6 Å². The van der Waals surface area contributed by atoms with Crippen LogP contribution in [0.4, 0.5) is 10.5 Å². The number of amides is 2. The van der Waals surface area contributed by atoms with Gasteiger partial charge < -0.3 is 10.2 Å². The Labute approximate surface area is 135 Å². The van der Waals surface area contributed by atoms with Crippen molar-refractivity contribution in [2.24, 2.45) is 0 Å². The number of urea groups is 1. The second kappa shape index (κ2) is 6.80. The van der Waals surface area contributed by atoms with Crippen molar-refractivity contribution in [1.82, 2.24) is 4.90 Å². The monoisotopic (exact) mass is 303 g/mol. The summed E-state index contributed by atoms with van der Waals surface area (Å²) in [4.78, 5) is 14.1. The maximum atomic E-state index is 12.3. The fourth-order valence-electron chi connectivity index (χ4n) is 2.60. The van der Waals surface area contributed by atoms with E-state index in [1.807, 2.05) is 18.2 Å². The van der Waals surface area contributed by atoms with Gasteiger partial charge in [0.2, 0.25) is 0 Å². The molecule has 3 rings (SSSR count). The predicted molar refractivity (Wildman–Crippen MR) is 90.8 cm³/mol. The zero-order valence-corrected chi connectivity index (χ0v) is 12.7. The van der Waals surface area contributed by atoms with Crippen LogP contribution in [0.1, 0.15) is 17.5 Å². The van der Waals surface area contributed by atoms with Crippen LogP contribution in [0, 0.1) is 11.3 Å². The van der Waals surface area contributed by atoms with Gasteiger partial charge in [0.25, 0.3) is 0 Å². The summed E-state index contributed by atoms with van der Waals surface area (Å²) in [7, 11) is 0. The number of nitriles is 1. The molecule has 0 saturated heterocycles. The lowest BCUT2D eigenvalue weighted by Crippen LogP contribution is -2.37. The first-order valence-electron chi connectivity index (χ1n) is 7.57. The minimum atomic E-state index is -0.113. The fourth-order valence-corrected chi connectivity index (χ4v) is 2.60. The lowest BCUT2D eigenvalue weighted by Gasteiger charge is -2.27. The smallest absolute Gasteiger partial charge is 0.320 e. The number of hydrogen-bond acceptors (Lipinski definition) is 2. The molecule has 1 aliphatic rings. The molecule has 0 fully saturated rings. The molecule has 0 bridgehead atoms. The van der Waals surface area contributed by atoms with Crippen molar-refractivity contribution in [2.45, 2.75) is 6.42 Å². The van der Waals surface area contributed by atoms with Crippen molar-refractivity contribution >= 4 is 17.3 Å². The van der Waals surface area contributed by atoms with E-state index >= 15 is 0 Å². The first kappa shape index (κ1) is 14.9. The Balaban J connectivity index is 1.61. The molecular weight excluding hydrogens is 286 g/mol. The number of benzene rings is 2. The molecule has 2 aromatic rings. The molecule has 2 aromatic carbocycles. The van der Waals surface area contributed by atoms with Crippen LogP contribution in [0.2, 0.25) is 0 Å². The molecular formula is C19H17N3O. The number of carbonyl (C=O) groups excluding carboxylic acids is 1. The van der Waals surface area contributed by atoms with E-state index in [4.69, 9.17) is 5.26 Å². The zero-order valence-electron chi connectivity index (χ0n) is 12.7. The molecule has 1 aliphatic heterocycles. The van der Waals surface area contributed by atoms with Gasteiger partial charge >= 0.3 is 6.03 Å². The third-order valence-corrected chi connectivity index (χ3v) is 3.91. The molecule has 0 aliphatic carbocycles. The Morgan fingerprint density at radius 3 is 2.43 bits per heavy atom. The van der Waals surface area contributed by atoms with E-state index in [-0.39, 0.29) is 6.03 Å². The summed E-state index contributed by atoms with van der Waals surface area (Å²) < 4.78 is 0. The average Bonchev–Trinajstić information content (AvgIpc) is 2.63. The number of rotatable bonds is 2. The van der Waals surface area contributed by atoms with E-state index in [9.17, 15) is 4.79 Å². The summed E-state index contributed by atoms with van der Waals surface area (Å²) in [6, 6.07) is 19.1. The largest absolute Gasteiger partial charge is 0.322 e. The average molecular weight is 303 g/mol. The van der Waals surface area contributed by atoms with Crippen LogP contribution < -0.4 is 5.32 Å². The Kier molecular flexibility index (Phi) is 4.39. The first-order valence-corrected chi connectivity index (χ1v) is 7.57. The van der Waals surface area contributed by atoms with Crippen molar-refractivity contribution in [2.75, 3.05) is 18.4 Å². The molecule has 2 amide bonds. The Bertz CT molecular complexity index is 757. The maximum absolute atomic E-state index is 12.3. The molecule has 4 heteroatoms. The van der Waals surface area contributed by atoms with Crippen molar-refractivity contribution in [1.29, 1.82) is 5.26 Å². The van der Waals surface area contributed by atoms with E-state index in [0.717, 1.165) is 6.42 Å². The lowest BCUT2D eigenvalue weighted by atomic mass is 10.00. The first-order chi connectivity index (χ1) is 11.3. The fraction of sp³-hybridized carbons (Fsp3) is 0.158. The molecule has 0 saturated carbocycles. The second-order valence-electron chi connectivity index (χ2n) is 5.41. The molecule has 0 unspecified atom stereocenters. The van der Waals surface area contributed by atoms with Crippen molar-refractivity contribution < 1.29 is 4.79 Å². The van der Waals surface area contributed by atoms with Crippen molar-refractivity contribution in [3.8, 4) is 6.07 Å². The van der Waals surface area contributed by atoms with Crippen LogP contribution in [-0.2, 0) is 0 Å². The third kappa shape index (κ3) is 3.58. The quantitative estimate of drug-likeness (QED) is 0.915. The molecule has 0 atom stereocenters. The number of anilines is 1. The van der Waals surface area contributed by atoms with Crippen LogP contribution in [0.5, 0.6) is 0 Å². The highest BCUT2D eigenvalue weighted by atomic mass is 16.2. The van der Waals surface area contributed by atoms with E-state index < -0.39 is 0 Å². The number of hydrogen-bond donors (Lipinski definition) is 1. The molecule has 114 valence electrons. The Morgan fingerprint density at radius 2 is 1.83 bits per heavy atom. The maximum Gasteiger partial charge on any atom is 0.322 e. The molecule has 1 N–H and O–H groups in total. The van der Waals surface area contributed by atoms with E-state index in [1.165, 1.54) is 11.1 Å². The Morgan fingerprint density at radius 1 is 1.09 bits per heavy atom. The zero-order chi connectivity index (χ0) is 16.1. The van der Waals surface area contributed by atoms with Gasteiger partial charge in [0.15, 0.2) is 0 Å². The summed E-state index contributed by atoms with van der Waals surface area (Å²) in [6.07, 6.45) is 2.96.